The second kappa shape index (κ2) is 6.92. The van der Waals surface area contributed by atoms with Gasteiger partial charge in [-0.15, -0.1) is 15.3 Å². The van der Waals surface area contributed by atoms with Gasteiger partial charge in [-0.3, -0.25) is 9.78 Å². The van der Waals surface area contributed by atoms with Crippen LogP contribution in [0.1, 0.15) is 21.8 Å². The van der Waals surface area contributed by atoms with Gasteiger partial charge in [0, 0.05) is 23.0 Å². The molecular weight excluding hydrogens is 386 g/mol. The first-order valence-corrected chi connectivity index (χ1v) is 9.05. The van der Waals surface area contributed by atoms with E-state index < -0.39 is 5.91 Å². The monoisotopic (exact) mass is 401 g/mol. The van der Waals surface area contributed by atoms with Gasteiger partial charge in [0.2, 0.25) is 17.6 Å². The van der Waals surface area contributed by atoms with E-state index in [9.17, 15) is 4.79 Å². The Morgan fingerprint density at radius 2 is 2.00 bits per heavy atom. The first kappa shape index (κ1) is 17.7. The zero-order chi connectivity index (χ0) is 20.7. The van der Waals surface area contributed by atoms with Gasteiger partial charge in [0.15, 0.2) is 11.3 Å². The van der Waals surface area contributed by atoms with Gasteiger partial charge in [-0.05, 0) is 25.1 Å². The van der Waals surface area contributed by atoms with Crippen LogP contribution in [0, 0.1) is 6.92 Å². The zero-order valence-electron chi connectivity index (χ0n) is 15.8. The number of ether oxygens (including phenoxy) is 1. The van der Waals surface area contributed by atoms with Crippen molar-refractivity contribution in [3.8, 4) is 17.4 Å². The van der Waals surface area contributed by atoms with E-state index in [4.69, 9.17) is 15.0 Å². The van der Waals surface area contributed by atoms with Gasteiger partial charge >= 0.3 is 0 Å². The summed E-state index contributed by atoms with van der Waals surface area (Å²) in [4.78, 5) is 15.4. The van der Waals surface area contributed by atoms with Crippen molar-refractivity contribution >= 4 is 22.3 Å². The molecule has 4 heterocycles. The maximum atomic E-state index is 11.2. The van der Waals surface area contributed by atoms with Crippen LogP contribution in [0.3, 0.4) is 0 Å². The normalized spacial score (nSPS) is 11.2. The molecule has 0 atom stereocenters. The predicted octanol–water partition coefficient (Wildman–Crippen LogP) is 2.31. The van der Waals surface area contributed by atoms with Gasteiger partial charge in [0.05, 0.1) is 11.3 Å². The largest absolute Gasteiger partial charge is 0.470 e. The average molecular weight is 401 g/mol. The Labute approximate surface area is 169 Å². The van der Waals surface area contributed by atoms with E-state index in [1.807, 2.05) is 24.3 Å². The highest BCUT2D eigenvalue weighted by Crippen LogP contribution is 2.29. The second-order valence-corrected chi connectivity index (χ2v) is 6.62. The predicted molar refractivity (Wildman–Crippen MR) is 106 cm³/mol. The smallest absolute Gasteiger partial charge is 0.250 e. The van der Waals surface area contributed by atoms with Crippen molar-refractivity contribution in [2.75, 3.05) is 0 Å². The first-order valence-electron chi connectivity index (χ1n) is 9.05. The summed E-state index contributed by atoms with van der Waals surface area (Å²) in [6, 6.07) is 12.7. The lowest BCUT2D eigenvalue weighted by atomic mass is 10.2. The van der Waals surface area contributed by atoms with Crippen molar-refractivity contribution in [3.63, 3.8) is 0 Å². The molecule has 0 aliphatic heterocycles. The number of nitrogens with zero attached hydrogens (tertiary/aromatic N) is 6. The van der Waals surface area contributed by atoms with Crippen LogP contribution < -0.4 is 10.5 Å². The average Bonchev–Trinajstić information content (AvgIpc) is 3.38. The maximum Gasteiger partial charge on any atom is 0.250 e. The van der Waals surface area contributed by atoms with Gasteiger partial charge in [-0.25, -0.2) is 0 Å². The zero-order valence-corrected chi connectivity index (χ0v) is 15.8. The van der Waals surface area contributed by atoms with Gasteiger partial charge in [0.25, 0.3) is 0 Å². The summed E-state index contributed by atoms with van der Waals surface area (Å²) in [6.45, 7) is 1.95. The minimum Gasteiger partial charge on any atom is -0.470 e. The van der Waals surface area contributed by atoms with Gasteiger partial charge in [-0.1, -0.05) is 23.4 Å². The molecule has 0 aliphatic rings. The molecule has 4 aromatic heterocycles. The molecule has 2 N–H and O–H groups in total. The molecule has 10 nitrogen and oxygen atoms in total. The van der Waals surface area contributed by atoms with E-state index in [-0.39, 0.29) is 6.61 Å². The van der Waals surface area contributed by atoms with E-state index in [1.54, 1.807) is 29.6 Å². The van der Waals surface area contributed by atoms with Crippen molar-refractivity contribution in [1.82, 2.24) is 30.0 Å². The lowest BCUT2D eigenvalue weighted by Crippen LogP contribution is -2.11. The summed E-state index contributed by atoms with van der Waals surface area (Å²) in [5.41, 5.74) is 7.32. The fraction of sp³-hybridized carbons (Fsp3) is 0.100. The van der Waals surface area contributed by atoms with Gasteiger partial charge in [-0.2, -0.15) is 4.52 Å². The van der Waals surface area contributed by atoms with Crippen LogP contribution in [0.25, 0.3) is 27.9 Å². The number of rotatable bonds is 5. The molecule has 0 aliphatic carbocycles. The van der Waals surface area contributed by atoms with Crippen LogP contribution in [0.5, 0.6) is 5.88 Å². The molecule has 1 aromatic carbocycles. The van der Waals surface area contributed by atoms with Gasteiger partial charge in [0.1, 0.15) is 12.4 Å². The number of aromatic nitrogens is 6. The third-order valence-electron chi connectivity index (χ3n) is 4.55. The number of benzene rings is 1. The summed E-state index contributed by atoms with van der Waals surface area (Å²) in [7, 11) is 0. The fourth-order valence-corrected chi connectivity index (χ4v) is 3.09. The lowest BCUT2D eigenvalue weighted by Gasteiger charge is -2.09. The highest BCUT2D eigenvalue weighted by atomic mass is 16.5. The number of amides is 1. The number of hydrogen-bond acceptors (Lipinski definition) is 8. The van der Waals surface area contributed by atoms with Crippen LogP contribution in [0.2, 0.25) is 0 Å². The maximum absolute atomic E-state index is 11.2. The van der Waals surface area contributed by atoms with Gasteiger partial charge < -0.3 is 15.0 Å². The molecule has 0 unspecified atom stereocenters. The highest BCUT2D eigenvalue weighted by molar-refractivity contribution is 5.97. The number of pyridine rings is 1. The Hall–Kier alpha value is -4.34. The molecule has 1 amide bonds. The number of primary amides is 1. The number of fused-ring (bicyclic) bond motifs is 3. The molecule has 10 heteroatoms. The Morgan fingerprint density at radius 3 is 2.70 bits per heavy atom. The van der Waals surface area contributed by atoms with E-state index in [0.29, 0.717) is 40.1 Å². The topological polar surface area (TPSA) is 134 Å². The molecule has 148 valence electrons. The molecule has 0 radical (unpaired) electrons. The van der Waals surface area contributed by atoms with E-state index in [0.717, 1.165) is 10.8 Å². The summed E-state index contributed by atoms with van der Waals surface area (Å²) in [5, 5.41) is 18.7. The molecule has 0 fully saturated rings. The third-order valence-corrected chi connectivity index (χ3v) is 4.55. The Balaban J connectivity index is 1.57. The van der Waals surface area contributed by atoms with Crippen LogP contribution in [-0.4, -0.2) is 35.9 Å². The van der Waals surface area contributed by atoms with Crippen molar-refractivity contribution in [3.05, 3.63) is 65.7 Å². The van der Waals surface area contributed by atoms with Crippen LogP contribution >= 0.6 is 0 Å². The second-order valence-electron chi connectivity index (χ2n) is 6.62. The minimum atomic E-state index is -0.531. The van der Waals surface area contributed by atoms with E-state index >= 15 is 0 Å². The highest BCUT2D eigenvalue weighted by Gasteiger charge is 2.18. The molecule has 0 saturated carbocycles. The number of hydrogen-bond donors (Lipinski definition) is 1. The van der Waals surface area contributed by atoms with E-state index in [2.05, 4.69) is 25.4 Å². The summed E-state index contributed by atoms with van der Waals surface area (Å²) >= 11 is 0. The molecule has 0 bridgehead atoms. The molecule has 30 heavy (non-hydrogen) atoms. The summed E-state index contributed by atoms with van der Waals surface area (Å²) in [6.07, 6.45) is 1.42. The molecule has 5 rings (SSSR count). The standard InChI is InChI=1S/C20H15N7O3/c1-11-8-16(26-30-11)19-24-23-18-14-4-2-3-5-15(14)20(25-27(18)19)29-10-13-7-6-12(9-22-13)17(21)28/h2-9H,10H2,1H3,(H2,21,28). The molecule has 5 aromatic rings. The third kappa shape index (κ3) is 3.00. The number of aryl methyl sites for hydroxylation is 1. The first-order chi connectivity index (χ1) is 14.6. The SMILES string of the molecule is Cc1cc(-c2nnc3c4ccccc4c(OCc4ccc(C(N)=O)cn4)nn23)no1. The Bertz CT molecular complexity index is 1390. The summed E-state index contributed by atoms with van der Waals surface area (Å²) in [5.74, 6) is 0.960. The van der Waals surface area contributed by atoms with Crippen LogP contribution in [0.4, 0.5) is 0 Å². The number of nitrogens with two attached hydrogens (primary N) is 1. The number of carbonyl (C=O) groups excluding carboxylic acids is 1. The molecule has 0 spiro atoms. The fourth-order valence-electron chi connectivity index (χ4n) is 3.09. The lowest BCUT2D eigenvalue weighted by molar-refractivity contribution is 0.1000. The van der Waals surface area contributed by atoms with Crippen molar-refractivity contribution in [1.29, 1.82) is 0 Å². The molecule has 0 saturated heterocycles. The van der Waals surface area contributed by atoms with Crippen LogP contribution in [-0.2, 0) is 6.61 Å². The Kier molecular flexibility index (Phi) is 4.09. The number of carbonyl (C=O) groups is 1. The van der Waals surface area contributed by atoms with Crippen molar-refractivity contribution < 1.29 is 14.1 Å². The quantitative estimate of drug-likeness (QED) is 0.474. The van der Waals surface area contributed by atoms with E-state index in [1.165, 1.54) is 6.20 Å². The summed E-state index contributed by atoms with van der Waals surface area (Å²) < 4.78 is 12.7. The molecular formula is C20H15N7O3. The Morgan fingerprint density at radius 1 is 1.17 bits per heavy atom. The van der Waals surface area contributed by atoms with Crippen molar-refractivity contribution in [2.45, 2.75) is 13.5 Å². The van der Waals surface area contributed by atoms with Crippen LogP contribution in [0.15, 0.2) is 53.2 Å². The van der Waals surface area contributed by atoms with Crippen molar-refractivity contribution in [2.24, 2.45) is 5.73 Å². The minimum absolute atomic E-state index is 0.155.